The molecule has 0 unspecified atom stereocenters. The van der Waals surface area contributed by atoms with E-state index in [1.54, 1.807) is 18.2 Å². The van der Waals surface area contributed by atoms with Crippen molar-refractivity contribution in [1.29, 1.82) is 0 Å². The van der Waals surface area contributed by atoms with Crippen molar-refractivity contribution in [3.63, 3.8) is 0 Å². The molecule has 0 fully saturated rings. The molecule has 4 rings (SSSR count). The predicted molar refractivity (Wildman–Crippen MR) is 112 cm³/mol. The number of fused-ring (bicyclic) bond motifs is 1. The van der Waals surface area contributed by atoms with Crippen molar-refractivity contribution >= 4 is 38.2 Å². The van der Waals surface area contributed by atoms with E-state index in [1.165, 1.54) is 41.8 Å². The summed E-state index contributed by atoms with van der Waals surface area (Å²) in [5.74, 6) is -1.15. The highest BCUT2D eigenvalue weighted by molar-refractivity contribution is 7.23. The lowest BCUT2D eigenvalue weighted by Crippen LogP contribution is -2.16. The highest BCUT2D eigenvalue weighted by Crippen LogP contribution is 2.37. The predicted octanol–water partition coefficient (Wildman–Crippen LogP) is 4.38. The van der Waals surface area contributed by atoms with Crippen LogP contribution in [0.25, 0.3) is 15.9 Å². The number of para-hydroxylation sites is 1. The van der Waals surface area contributed by atoms with Crippen LogP contribution < -0.4 is 10.9 Å². The lowest BCUT2D eigenvalue weighted by molar-refractivity contribution is -0.114. The summed E-state index contributed by atoms with van der Waals surface area (Å²) in [6, 6.07) is 17.2. The molecule has 0 radical (unpaired) electrons. The van der Waals surface area contributed by atoms with Gasteiger partial charge >= 0.3 is 0 Å². The first-order chi connectivity index (χ1) is 14.0. The fourth-order valence-electron chi connectivity index (χ4n) is 3.12. The molecule has 5 nitrogen and oxygen atoms in total. The minimum atomic E-state index is -0.447. The fourth-order valence-corrected chi connectivity index (χ4v) is 4.38. The van der Waals surface area contributed by atoms with Crippen LogP contribution in [-0.2, 0) is 4.79 Å². The van der Waals surface area contributed by atoms with Crippen molar-refractivity contribution in [2.24, 2.45) is 0 Å². The highest BCUT2D eigenvalue weighted by Gasteiger charge is 2.23. The summed E-state index contributed by atoms with van der Waals surface area (Å²) < 4.78 is 14.8. The maximum absolute atomic E-state index is 13.3. The Bertz CT molecular complexity index is 1290. The molecule has 1 amide bonds. The van der Waals surface area contributed by atoms with E-state index in [-0.39, 0.29) is 28.4 Å². The fraction of sp³-hybridized carbons (Fsp3) is 0.0455. The summed E-state index contributed by atoms with van der Waals surface area (Å²) in [7, 11) is 0. The molecule has 7 heteroatoms. The monoisotopic (exact) mass is 406 g/mol. The van der Waals surface area contributed by atoms with Crippen molar-refractivity contribution in [2.45, 2.75) is 6.92 Å². The van der Waals surface area contributed by atoms with Crippen LogP contribution in [0.4, 0.5) is 9.39 Å². The van der Waals surface area contributed by atoms with Gasteiger partial charge in [-0.1, -0.05) is 29.5 Å². The number of amides is 1. The molecule has 29 heavy (non-hydrogen) atoms. The Kier molecular flexibility index (Phi) is 4.82. The first-order valence-corrected chi connectivity index (χ1v) is 9.59. The summed E-state index contributed by atoms with van der Waals surface area (Å²) in [6.07, 6.45) is 0. The smallest absolute Gasteiger partial charge is 0.256 e. The Morgan fingerprint density at radius 3 is 2.31 bits per heavy atom. The second-order valence-electron chi connectivity index (χ2n) is 6.38. The number of pyridine rings is 1. The molecule has 144 valence electrons. The Morgan fingerprint density at radius 2 is 1.66 bits per heavy atom. The lowest BCUT2D eigenvalue weighted by atomic mass is 10.0. The molecule has 0 atom stereocenters. The first kappa shape index (κ1) is 18.8. The number of benzene rings is 2. The first-order valence-electron chi connectivity index (χ1n) is 8.77. The van der Waals surface area contributed by atoms with Gasteiger partial charge in [0.15, 0.2) is 5.78 Å². The summed E-state index contributed by atoms with van der Waals surface area (Å²) >= 11 is 1.15. The van der Waals surface area contributed by atoms with Gasteiger partial charge in [-0.2, -0.15) is 0 Å². The molecule has 2 aromatic heterocycles. The lowest BCUT2D eigenvalue weighted by Gasteiger charge is -2.07. The van der Waals surface area contributed by atoms with Gasteiger partial charge in [0.1, 0.15) is 15.6 Å². The van der Waals surface area contributed by atoms with Gasteiger partial charge in [0.05, 0.1) is 11.3 Å². The molecule has 4 aromatic rings. The van der Waals surface area contributed by atoms with Crippen LogP contribution in [-0.4, -0.2) is 16.3 Å². The van der Waals surface area contributed by atoms with Gasteiger partial charge in [-0.05, 0) is 42.5 Å². The van der Waals surface area contributed by atoms with E-state index in [4.69, 9.17) is 0 Å². The minimum Gasteiger partial charge on any atom is -0.317 e. The van der Waals surface area contributed by atoms with E-state index in [2.05, 4.69) is 5.32 Å². The number of ketones is 1. The number of nitrogens with one attached hydrogen (secondary N) is 1. The molecule has 0 bridgehead atoms. The molecule has 0 aliphatic carbocycles. The number of nitrogens with zero attached hydrogens (tertiary/aromatic N) is 1. The molecular formula is C22H15FN2O3S. The molecule has 0 saturated carbocycles. The number of anilines is 1. The Balaban J connectivity index is 2.00. The van der Waals surface area contributed by atoms with E-state index in [0.717, 1.165) is 11.3 Å². The number of halogens is 1. The topological polar surface area (TPSA) is 68.2 Å². The average Bonchev–Trinajstić information content (AvgIpc) is 3.05. The van der Waals surface area contributed by atoms with Crippen LogP contribution in [0.15, 0.2) is 71.5 Å². The molecule has 1 N–H and O–H groups in total. The number of hydrogen-bond acceptors (Lipinski definition) is 4. The number of hydrogen-bond donors (Lipinski definition) is 1. The van der Waals surface area contributed by atoms with Gasteiger partial charge in [0.2, 0.25) is 5.91 Å². The van der Waals surface area contributed by atoms with E-state index in [0.29, 0.717) is 20.9 Å². The van der Waals surface area contributed by atoms with Gasteiger partial charge in [0.25, 0.3) is 5.56 Å². The van der Waals surface area contributed by atoms with E-state index in [1.807, 2.05) is 18.2 Å². The Hall–Kier alpha value is -3.58. The van der Waals surface area contributed by atoms with Crippen molar-refractivity contribution in [1.82, 2.24) is 4.57 Å². The molecule has 0 saturated heterocycles. The third-order valence-electron chi connectivity index (χ3n) is 4.38. The molecule has 0 spiro atoms. The van der Waals surface area contributed by atoms with E-state index >= 15 is 0 Å². The maximum atomic E-state index is 13.3. The van der Waals surface area contributed by atoms with Crippen molar-refractivity contribution in [3.05, 3.63) is 94.0 Å². The SMILES string of the molecule is CC(=O)Nc1sc2c(ccc(=O)n2-c2ccccc2)c1C(=O)c1ccc(F)cc1. The molecule has 2 aromatic carbocycles. The van der Waals surface area contributed by atoms with Crippen molar-refractivity contribution in [2.75, 3.05) is 5.32 Å². The zero-order valence-corrected chi connectivity index (χ0v) is 16.1. The second-order valence-corrected chi connectivity index (χ2v) is 7.38. The Morgan fingerprint density at radius 1 is 0.966 bits per heavy atom. The third-order valence-corrected chi connectivity index (χ3v) is 5.49. The highest BCUT2D eigenvalue weighted by atomic mass is 32.1. The minimum absolute atomic E-state index is 0.250. The zero-order chi connectivity index (χ0) is 20.5. The van der Waals surface area contributed by atoms with E-state index in [9.17, 15) is 18.8 Å². The summed E-state index contributed by atoms with van der Waals surface area (Å²) in [5, 5.41) is 3.58. The standard InChI is InChI=1S/C22H15FN2O3S/c1-13(26)24-21-19(20(28)14-7-9-15(23)10-8-14)17-11-12-18(27)25(22(17)29-21)16-5-3-2-4-6-16/h2-12H,1H3,(H,24,26). The second kappa shape index (κ2) is 7.44. The van der Waals surface area contributed by atoms with Crippen LogP contribution in [0.3, 0.4) is 0 Å². The van der Waals surface area contributed by atoms with Gasteiger partial charge in [-0.15, -0.1) is 0 Å². The molecule has 0 aliphatic rings. The summed E-state index contributed by atoms with van der Waals surface area (Å²) in [4.78, 5) is 38.1. The largest absolute Gasteiger partial charge is 0.317 e. The Labute approximate surface area is 169 Å². The van der Waals surface area contributed by atoms with Crippen molar-refractivity contribution < 1.29 is 14.0 Å². The van der Waals surface area contributed by atoms with Gasteiger partial charge in [-0.3, -0.25) is 19.0 Å². The molecular weight excluding hydrogens is 391 g/mol. The van der Waals surface area contributed by atoms with Crippen LogP contribution in [0.1, 0.15) is 22.8 Å². The van der Waals surface area contributed by atoms with Crippen LogP contribution in [0.2, 0.25) is 0 Å². The quantitative estimate of drug-likeness (QED) is 0.512. The molecule has 2 heterocycles. The zero-order valence-electron chi connectivity index (χ0n) is 15.3. The van der Waals surface area contributed by atoms with Gasteiger partial charge in [-0.25, -0.2) is 4.39 Å². The summed E-state index contributed by atoms with van der Waals surface area (Å²) in [5.41, 5.74) is 0.964. The normalized spacial score (nSPS) is 10.8. The number of thiophene rings is 1. The van der Waals surface area contributed by atoms with Crippen LogP contribution >= 0.6 is 11.3 Å². The number of carbonyl (C=O) groups is 2. The van der Waals surface area contributed by atoms with Crippen LogP contribution in [0, 0.1) is 5.82 Å². The number of rotatable bonds is 4. The molecule has 0 aliphatic heterocycles. The maximum Gasteiger partial charge on any atom is 0.256 e. The average molecular weight is 406 g/mol. The third kappa shape index (κ3) is 3.48. The van der Waals surface area contributed by atoms with Crippen LogP contribution in [0.5, 0.6) is 0 Å². The van der Waals surface area contributed by atoms with Crippen molar-refractivity contribution in [3.8, 4) is 5.69 Å². The van der Waals surface area contributed by atoms with Gasteiger partial charge in [0, 0.05) is 23.9 Å². The number of carbonyl (C=O) groups excluding carboxylic acids is 2. The van der Waals surface area contributed by atoms with E-state index < -0.39 is 5.82 Å². The van der Waals surface area contributed by atoms with Gasteiger partial charge < -0.3 is 5.32 Å². The summed E-state index contributed by atoms with van der Waals surface area (Å²) in [6.45, 7) is 1.35. The number of aromatic nitrogens is 1.